The van der Waals surface area contributed by atoms with E-state index in [-0.39, 0.29) is 17.8 Å². The number of benzene rings is 2. The van der Waals surface area contributed by atoms with Gasteiger partial charge in [0.2, 0.25) is 0 Å². The standard InChI is InChI=1S/C24H29N3O7/c1-25(15-17-7-10-21(32-2)22(13-17)33-3)23(28)16-34-24(29)18-8-9-19(20(14-18)27(30)31)26-11-5-4-6-12-26/h7-10,13-14H,4-6,11-12,15-16H2,1-3H3. The number of rotatable bonds is 9. The average Bonchev–Trinajstić information content (AvgIpc) is 2.86. The van der Waals surface area contributed by atoms with Crippen LogP contribution in [0.5, 0.6) is 11.5 Å². The third-order valence-electron chi connectivity index (χ3n) is 5.72. The molecule has 1 aliphatic rings. The molecule has 1 heterocycles. The lowest BCUT2D eigenvalue weighted by molar-refractivity contribution is -0.384. The smallest absolute Gasteiger partial charge is 0.338 e. The summed E-state index contributed by atoms with van der Waals surface area (Å²) in [6.07, 6.45) is 3.04. The Labute approximate surface area is 198 Å². The van der Waals surface area contributed by atoms with Gasteiger partial charge in [-0.25, -0.2) is 4.79 Å². The van der Waals surface area contributed by atoms with E-state index in [9.17, 15) is 19.7 Å². The third kappa shape index (κ3) is 5.94. The molecule has 2 aromatic rings. The second kappa shape index (κ2) is 11.4. The number of amides is 1. The van der Waals surface area contributed by atoms with Crippen LogP contribution in [-0.4, -0.2) is 62.7 Å². The molecule has 0 radical (unpaired) electrons. The molecule has 1 aliphatic heterocycles. The molecule has 182 valence electrons. The van der Waals surface area contributed by atoms with Crippen LogP contribution in [0.15, 0.2) is 36.4 Å². The monoisotopic (exact) mass is 471 g/mol. The minimum Gasteiger partial charge on any atom is -0.493 e. The number of anilines is 1. The number of nitro benzene ring substituents is 1. The predicted octanol–water partition coefficient (Wildman–Crippen LogP) is 3.42. The zero-order valence-corrected chi connectivity index (χ0v) is 19.6. The minimum atomic E-state index is -0.791. The number of esters is 1. The normalized spacial score (nSPS) is 13.2. The highest BCUT2D eigenvalue weighted by atomic mass is 16.6. The summed E-state index contributed by atoms with van der Waals surface area (Å²) >= 11 is 0. The van der Waals surface area contributed by atoms with Crippen molar-refractivity contribution in [1.82, 2.24) is 4.90 Å². The number of methoxy groups -OCH3 is 2. The maximum atomic E-state index is 12.5. The molecule has 0 atom stereocenters. The molecule has 0 aromatic heterocycles. The van der Waals surface area contributed by atoms with Gasteiger partial charge in [0.1, 0.15) is 5.69 Å². The highest BCUT2D eigenvalue weighted by Crippen LogP contribution is 2.31. The molecule has 0 N–H and O–H groups in total. The van der Waals surface area contributed by atoms with Gasteiger partial charge in [-0.1, -0.05) is 6.07 Å². The summed E-state index contributed by atoms with van der Waals surface area (Å²) in [7, 11) is 4.65. The van der Waals surface area contributed by atoms with Gasteiger partial charge in [0.05, 0.1) is 24.7 Å². The summed E-state index contributed by atoms with van der Waals surface area (Å²) < 4.78 is 15.6. The summed E-state index contributed by atoms with van der Waals surface area (Å²) in [5.74, 6) is -0.0832. The topological polar surface area (TPSA) is 111 Å². The van der Waals surface area contributed by atoms with Crippen molar-refractivity contribution in [1.29, 1.82) is 0 Å². The Balaban J connectivity index is 1.61. The van der Waals surface area contributed by atoms with Crippen molar-refractivity contribution >= 4 is 23.3 Å². The Hall–Kier alpha value is -3.82. The van der Waals surface area contributed by atoms with Gasteiger partial charge in [-0.2, -0.15) is 0 Å². The van der Waals surface area contributed by atoms with Crippen LogP contribution < -0.4 is 14.4 Å². The van der Waals surface area contributed by atoms with E-state index < -0.39 is 23.4 Å². The summed E-state index contributed by atoms with van der Waals surface area (Å²) in [5, 5.41) is 11.6. The van der Waals surface area contributed by atoms with Gasteiger partial charge in [-0.15, -0.1) is 0 Å². The van der Waals surface area contributed by atoms with E-state index in [1.807, 2.05) is 4.90 Å². The number of hydrogen-bond acceptors (Lipinski definition) is 8. The molecule has 0 aliphatic carbocycles. The van der Waals surface area contributed by atoms with Gasteiger partial charge in [0.15, 0.2) is 18.1 Å². The molecule has 1 saturated heterocycles. The van der Waals surface area contributed by atoms with Crippen molar-refractivity contribution in [3.8, 4) is 11.5 Å². The molecule has 0 unspecified atom stereocenters. The molecule has 0 bridgehead atoms. The van der Waals surface area contributed by atoms with Gasteiger partial charge in [0.25, 0.3) is 11.6 Å². The number of likely N-dealkylation sites (N-methyl/N-ethyl adjacent to an activating group) is 1. The van der Waals surface area contributed by atoms with Crippen molar-refractivity contribution in [2.75, 3.05) is 45.9 Å². The minimum absolute atomic E-state index is 0.0304. The van der Waals surface area contributed by atoms with E-state index in [2.05, 4.69) is 0 Å². The van der Waals surface area contributed by atoms with Crippen LogP contribution in [0.4, 0.5) is 11.4 Å². The van der Waals surface area contributed by atoms with Gasteiger partial charge in [0, 0.05) is 32.7 Å². The molecule has 34 heavy (non-hydrogen) atoms. The molecule has 3 rings (SSSR count). The van der Waals surface area contributed by atoms with Crippen LogP contribution in [0.25, 0.3) is 0 Å². The molecule has 0 saturated carbocycles. The van der Waals surface area contributed by atoms with Crippen molar-refractivity contribution in [2.24, 2.45) is 0 Å². The fourth-order valence-corrected chi connectivity index (χ4v) is 3.86. The largest absolute Gasteiger partial charge is 0.493 e. The first kappa shape index (κ1) is 24.8. The zero-order chi connectivity index (χ0) is 24.7. The summed E-state index contributed by atoms with van der Waals surface area (Å²) in [5.41, 5.74) is 1.19. The Morgan fingerprint density at radius 3 is 2.38 bits per heavy atom. The lowest BCUT2D eigenvalue weighted by Gasteiger charge is -2.28. The highest BCUT2D eigenvalue weighted by Gasteiger charge is 2.24. The Morgan fingerprint density at radius 2 is 1.74 bits per heavy atom. The summed E-state index contributed by atoms with van der Waals surface area (Å²) in [6, 6.07) is 9.59. The van der Waals surface area contributed by atoms with E-state index in [1.54, 1.807) is 31.3 Å². The van der Waals surface area contributed by atoms with Crippen LogP contribution in [0.2, 0.25) is 0 Å². The fraction of sp³-hybridized carbons (Fsp3) is 0.417. The van der Waals surface area contributed by atoms with E-state index >= 15 is 0 Å². The molecular formula is C24H29N3O7. The van der Waals surface area contributed by atoms with Crippen LogP contribution in [0.3, 0.4) is 0 Å². The number of carbonyl (C=O) groups is 2. The van der Waals surface area contributed by atoms with E-state index in [0.717, 1.165) is 37.9 Å². The fourth-order valence-electron chi connectivity index (χ4n) is 3.86. The quantitative estimate of drug-likeness (QED) is 0.311. The lowest BCUT2D eigenvalue weighted by atomic mass is 10.1. The van der Waals surface area contributed by atoms with Crippen LogP contribution in [0, 0.1) is 10.1 Å². The summed E-state index contributed by atoms with van der Waals surface area (Å²) in [6.45, 7) is 1.27. The van der Waals surface area contributed by atoms with Crippen molar-refractivity contribution in [3.63, 3.8) is 0 Å². The van der Waals surface area contributed by atoms with E-state index in [1.165, 1.54) is 31.3 Å². The van der Waals surface area contributed by atoms with Gasteiger partial charge in [-0.3, -0.25) is 14.9 Å². The molecule has 10 nitrogen and oxygen atoms in total. The Kier molecular flexibility index (Phi) is 8.29. The SMILES string of the molecule is COc1ccc(CN(C)C(=O)COC(=O)c2ccc(N3CCCCC3)c([N+](=O)[O-])c2)cc1OC. The first-order valence-corrected chi connectivity index (χ1v) is 11.0. The van der Waals surface area contributed by atoms with Gasteiger partial charge in [-0.05, 0) is 49.1 Å². The highest BCUT2D eigenvalue weighted by molar-refractivity contribution is 5.93. The van der Waals surface area contributed by atoms with Gasteiger partial charge < -0.3 is 24.0 Å². The number of piperidine rings is 1. The van der Waals surface area contributed by atoms with Crippen molar-refractivity contribution in [2.45, 2.75) is 25.8 Å². The zero-order valence-electron chi connectivity index (χ0n) is 19.6. The van der Waals surface area contributed by atoms with E-state index in [4.69, 9.17) is 14.2 Å². The second-order valence-electron chi connectivity index (χ2n) is 8.02. The van der Waals surface area contributed by atoms with Crippen molar-refractivity contribution in [3.05, 3.63) is 57.6 Å². The molecule has 1 amide bonds. The van der Waals surface area contributed by atoms with Gasteiger partial charge >= 0.3 is 5.97 Å². The lowest BCUT2D eigenvalue weighted by Crippen LogP contribution is -2.31. The number of nitrogens with zero attached hydrogens (tertiary/aromatic N) is 3. The number of nitro groups is 1. The molecule has 10 heteroatoms. The van der Waals surface area contributed by atoms with E-state index in [0.29, 0.717) is 17.2 Å². The molecule has 1 fully saturated rings. The first-order valence-electron chi connectivity index (χ1n) is 11.0. The second-order valence-corrected chi connectivity index (χ2v) is 8.02. The number of hydrogen-bond donors (Lipinski definition) is 0. The van der Waals surface area contributed by atoms with Crippen LogP contribution in [0.1, 0.15) is 35.2 Å². The maximum absolute atomic E-state index is 12.5. The molecule has 0 spiro atoms. The number of ether oxygens (including phenoxy) is 3. The maximum Gasteiger partial charge on any atom is 0.338 e. The average molecular weight is 472 g/mol. The Bertz CT molecular complexity index is 1050. The Morgan fingerprint density at radius 1 is 1.03 bits per heavy atom. The number of carbonyl (C=O) groups excluding carboxylic acids is 2. The van der Waals surface area contributed by atoms with Crippen molar-refractivity contribution < 1.29 is 28.7 Å². The summed E-state index contributed by atoms with van der Waals surface area (Å²) in [4.78, 5) is 39.4. The third-order valence-corrected chi connectivity index (χ3v) is 5.72. The van der Waals surface area contributed by atoms with Crippen LogP contribution in [-0.2, 0) is 16.1 Å². The molecular weight excluding hydrogens is 442 g/mol. The first-order chi connectivity index (χ1) is 16.3. The molecule has 2 aromatic carbocycles. The predicted molar refractivity (Wildman–Crippen MR) is 125 cm³/mol. The van der Waals surface area contributed by atoms with Crippen LogP contribution >= 0.6 is 0 Å².